The SMILES string of the molecule is OC[C@H]1O[C@](O)(c2ccc(Cl)c(Cc3ccc(Oc4ncccn4)cc3)c2)[C@H](O)[C@@H](O)[C@@H]1O. The van der Waals surface area contributed by atoms with Gasteiger partial charge in [-0.2, -0.15) is 0 Å². The molecular formula is C23H23ClN2O7. The third-order valence-electron chi connectivity index (χ3n) is 5.49. The van der Waals surface area contributed by atoms with E-state index in [1.54, 1.807) is 36.7 Å². The molecule has 3 aromatic rings. The molecule has 1 aromatic heterocycles. The molecule has 2 heterocycles. The molecule has 33 heavy (non-hydrogen) atoms. The molecule has 1 fully saturated rings. The highest BCUT2D eigenvalue weighted by Gasteiger charge is 2.53. The molecule has 5 atom stereocenters. The van der Waals surface area contributed by atoms with Gasteiger partial charge in [0.05, 0.1) is 6.61 Å². The Bertz CT molecular complexity index is 1080. The van der Waals surface area contributed by atoms with Crippen LogP contribution in [0.1, 0.15) is 16.7 Å². The topological polar surface area (TPSA) is 145 Å². The lowest BCUT2D eigenvalue weighted by Gasteiger charge is -2.45. The zero-order valence-electron chi connectivity index (χ0n) is 17.3. The maximum atomic E-state index is 11.0. The van der Waals surface area contributed by atoms with Crippen molar-refractivity contribution in [3.63, 3.8) is 0 Å². The number of ether oxygens (including phenoxy) is 2. The Morgan fingerprint density at radius 3 is 2.36 bits per heavy atom. The van der Waals surface area contributed by atoms with Crippen molar-refractivity contribution in [1.82, 2.24) is 9.97 Å². The Kier molecular flexibility index (Phi) is 6.91. The highest BCUT2D eigenvalue weighted by Crippen LogP contribution is 2.38. The third kappa shape index (κ3) is 4.85. The second-order valence-corrected chi connectivity index (χ2v) is 8.13. The van der Waals surface area contributed by atoms with Crippen LogP contribution >= 0.6 is 11.6 Å². The molecule has 0 aliphatic carbocycles. The van der Waals surface area contributed by atoms with Crippen LogP contribution in [0.3, 0.4) is 0 Å². The van der Waals surface area contributed by atoms with Crippen LogP contribution in [0.25, 0.3) is 0 Å². The number of aliphatic hydroxyl groups is 5. The van der Waals surface area contributed by atoms with E-state index in [2.05, 4.69) is 9.97 Å². The lowest BCUT2D eigenvalue weighted by atomic mass is 9.87. The molecule has 5 N–H and O–H groups in total. The van der Waals surface area contributed by atoms with E-state index in [0.717, 1.165) is 5.56 Å². The number of aliphatic hydroxyl groups excluding tert-OH is 4. The normalized spacial score (nSPS) is 27.3. The van der Waals surface area contributed by atoms with Crippen LogP contribution in [0.2, 0.25) is 5.02 Å². The molecule has 0 amide bonds. The Morgan fingerprint density at radius 2 is 1.70 bits per heavy atom. The number of benzene rings is 2. The predicted octanol–water partition coefficient (Wildman–Crippen LogP) is 1.13. The summed E-state index contributed by atoms with van der Waals surface area (Å²) in [6, 6.07) is 13.6. The minimum Gasteiger partial charge on any atom is -0.424 e. The predicted molar refractivity (Wildman–Crippen MR) is 117 cm³/mol. The van der Waals surface area contributed by atoms with E-state index in [1.807, 2.05) is 12.1 Å². The third-order valence-corrected chi connectivity index (χ3v) is 5.86. The summed E-state index contributed by atoms with van der Waals surface area (Å²) in [7, 11) is 0. The first-order valence-corrected chi connectivity index (χ1v) is 10.6. The van der Waals surface area contributed by atoms with Crippen molar-refractivity contribution in [3.8, 4) is 11.8 Å². The van der Waals surface area contributed by atoms with Crippen LogP contribution in [0, 0.1) is 0 Å². The molecule has 10 heteroatoms. The minimum atomic E-state index is -2.35. The van der Waals surface area contributed by atoms with Gasteiger partial charge < -0.3 is 35.0 Å². The molecule has 0 saturated carbocycles. The van der Waals surface area contributed by atoms with E-state index in [4.69, 9.17) is 21.1 Å². The summed E-state index contributed by atoms with van der Waals surface area (Å²) in [5, 5.41) is 51.4. The van der Waals surface area contributed by atoms with Gasteiger partial charge in [0.15, 0.2) is 0 Å². The Balaban J connectivity index is 1.55. The van der Waals surface area contributed by atoms with Gasteiger partial charge >= 0.3 is 6.01 Å². The Morgan fingerprint density at radius 1 is 1.00 bits per heavy atom. The fourth-order valence-corrected chi connectivity index (χ4v) is 3.85. The number of hydrogen-bond donors (Lipinski definition) is 5. The molecule has 1 aliphatic rings. The molecule has 0 unspecified atom stereocenters. The summed E-state index contributed by atoms with van der Waals surface area (Å²) < 4.78 is 11.0. The molecular weight excluding hydrogens is 452 g/mol. The van der Waals surface area contributed by atoms with Crippen molar-refractivity contribution < 1.29 is 35.0 Å². The summed E-state index contributed by atoms with van der Waals surface area (Å²) in [6.07, 6.45) is -2.87. The van der Waals surface area contributed by atoms with Gasteiger partial charge in [-0.3, -0.25) is 0 Å². The van der Waals surface area contributed by atoms with E-state index in [0.29, 0.717) is 22.8 Å². The molecule has 9 nitrogen and oxygen atoms in total. The highest BCUT2D eigenvalue weighted by molar-refractivity contribution is 6.31. The molecule has 0 spiro atoms. The molecule has 1 saturated heterocycles. The minimum absolute atomic E-state index is 0.125. The van der Waals surface area contributed by atoms with Gasteiger partial charge in [0.2, 0.25) is 5.79 Å². The van der Waals surface area contributed by atoms with Crippen LogP contribution in [-0.4, -0.2) is 66.5 Å². The smallest absolute Gasteiger partial charge is 0.321 e. The average molecular weight is 475 g/mol. The van der Waals surface area contributed by atoms with Crippen molar-refractivity contribution in [2.75, 3.05) is 6.61 Å². The molecule has 4 rings (SSSR count). The summed E-state index contributed by atoms with van der Waals surface area (Å²) in [6.45, 7) is -0.657. The summed E-state index contributed by atoms with van der Waals surface area (Å²) in [5.74, 6) is -1.79. The van der Waals surface area contributed by atoms with Crippen molar-refractivity contribution in [1.29, 1.82) is 0 Å². The first-order valence-electron chi connectivity index (χ1n) is 10.2. The van der Waals surface area contributed by atoms with E-state index < -0.39 is 36.8 Å². The van der Waals surface area contributed by atoms with Crippen LogP contribution in [0.15, 0.2) is 60.9 Å². The zero-order chi connectivity index (χ0) is 23.6. The van der Waals surface area contributed by atoms with Crippen LogP contribution in [0.4, 0.5) is 0 Å². The average Bonchev–Trinajstić information content (AvgIpc) is 2.83. The van der Waals surface area contributed by atoms with Crippen molar-refractivity contribution in [2.24, 2.45) is 0 Å². The maximum absolute atomic E-state index is 11.0. The Hall–Kier alpha value is -2.63. The maximum Gasteiger partial charge on any atom is 0.321 e. The van der Waals surface area contributed by atoms with Gasteiger partial charge in [-0.05, 0) is 47.9 Å². The fraction of sp³-hybridized carbons (Fsp3) is 0.304. The van der Waals surface area contributed by atoms with E-state index >= 15 is 0 Å². The van der Waals surface area contributed by atoms with Crippen molar-refractivity contribution >= 4 is 11.6 Å². The molecule has 2 aromatic carbocycles. The van der Waals surface area contributed by atoms with Gasteiger partial charge in [-0.15, -0.1) is 0 Å². The van der Waals surface area contributed by atoms with Crippen LogP contribution < -0.4 is 4.74 Å². The van der Waals surface area contributed by atoms with Crippen LogP contribution in [0.5, 0.6) is 11.8 Å². The Labute approximate surface area is 194 Å². The van der Waals surface area contributed by atoms with Gasteiger partial charge in [-0.1, -0.05) is 29.8 Å². The van der Waals surface area contributed by atoms with E-state index in [9.17, 15) is 25.5 Å². The van der Waals surface area contributed by atoms with Gasteiger partial charge in [0, 0.05) is 23.0 Å². The molecule has 1 aliphatic heterocycles. The first-order chi connectivity index (χ1) is 15.8. The standard InChI is InChI=1S/C23H23ClN2O7/c24-17-7-4-15(23(31)21(30)20(29)19(28)18(12-27)33-23)11-14(17)10-13-2-5-16(6-3-13)32-22-25-8-1-9-26-22/h1-9,11,18-21,27-31H,10,12H2/t18-,19-,20+,21-,23-/m1/s1. The second kappa shape index (κ2) is 9.70. The lowest BCUT2D eigenvalue weighted by molar-refractivity contribution is -0.357. The number of hydrogen-bond acceptors (Lipinski definition) is 9. The van der Waals surface area contributed by atoms with Crippen molar-refractivity contribution in [2.45, 2.75) is 36.6 Å². The quantitative estimate of drug-likeness (QED) is 0.355. The summed E-state index contributed by atoms with van der Waals surface area (Å²) in [5.41, 5.74) is 1.63. The van der Waals surface area contributed by atoms with E-state index in [1.165, 1.54) is 12.1 Å². The monoisotopic (exact) mass is 474 g/mol. The summed E-state index contributed by atoms with van der Waals surface area (Å²) in [4.78, 5) is 8.02. The number of nitrogens with zero attached hydrogens (tertiary/aromatic N) is 2. The number of halogens is 1. The van der Waals surface area contributed by atoms with Gasteiger partial charge in [0.25, 0.3) is 0 Å². The number of rotatable bonds is 6. The molecule has 174 valence electrons. The highest BCUT2D eigenvalue weighted by atomic mass is 35.5. The van der Waals surface area contributed by atoms with E-state index in [-0.39, 0.29) is 11.6 Å². The first kappa shape index (κ1) is 23.5. The number of aromatic nitrogens is 2. The van der Waals surface area contributed by atoms with Crippen LogP contribution in [-0.2, 0) is 16.9 Å². The molecule has 0 radical (unpaired) electrons. The van der Waals surface area contributed by atoms with Gasteiger partial charge in [-0.25, -0.2) is 9.97 Å². The fourth-order valence-electron chi connectivity index (χ4n) is 3.66. The molecule has 0 bridgehead atoms. The second-order valence-electron chi connectivity index (χ2n) is 7.72. The zero-order valence-corrected chi connectivity index (χ0v) is 18.1. The van der Waals surface area contributed by atoms with Crippen molar-refractivity contribution in [3.05, 3.63) is 82.6 Å². The summed E-state index contributed by atoms with van der Waals surface area (Å²) >= 11 is 6.36. The lowest BCUT2D eigenvalue weighted by Crippen LogP contribution is -2.63. The largest absolute Gasteiger partial charge is 0.424 e. The van der Waals surface area contributed by atoms with Gasteiger partial charge in [0.1, 0.15) is 30.2 Å².